The van der Waals surface area contributed by atoms with Crippen molar-refractivity contribution < 1.29 is 0 Å². The molecular formula is C21H26N6. The van der Waals surface area contributed by atoms with E-state index in [2.05, 4.69) is 53.2 Å². The summed E-state index contributed by atoms with van der Waals surface area (Å²) >= 11 is 0. The van der Waals surface area contributed by atoms with Gasteiger partial charge in [0.15, 0.2) is 0 Å². The minimum Gasteiger partial charge on any atom is -0.382 e. The van der Waals surface area contributed by atoms with Crippen LogP contribution in [0.2, 0.25) is 0 Å². The van der Waals surface area contributed by atoms with Crippen LogP contribution < -0.4 is 5.73 Å². The van der Waals surface area contributed by atoms with E-state index in [9.17, 15) is 0 Å². The van der Waals surface area contributed by atoms with Gasteiger partial charge < -0.3 is 10.7 Å². The van der Waals surface area contributed by atoms with Crippen LogP contribution in [0.15, 0.2) is 24.3 Å². The van der Waals surface area contributed by atoms with Crippen LogP contribution in [0.4, 0.5) is 5.82 Å². The number of nitrogen functional groups attached to an aromatic ring is 1. The highest BCUT2D eigenvalue weighted by molar-refractivity contribution is 6.07. The van der Waals surface area contributed by atoms with Crippen molar-refractivity contribution in [2.75, 3.05) is 5.73 Å². The summed E-state index contributed by atoms with van der Waals surface area (Å²) in [5.74, 6) is 1.48. The quantitative estimate of drug-likeness (QED) is 0.533. The minimum atomic E-state index is 0.501. The van der Waals surface area contributed by atoms with Crippen LogP contribution in [0.3, 0.4) is 0 Å². The molecule has 0 fully saturated rings. The normalized spacial score (nSPS) is 11.7. The molecule has 3 heterocycles. The summed E-state index contributed by atoms with van der Waals surface area (Å²) in [4.78, 5) is 12.8. The molecule has 0 bridgehead atoms. The Morgan fingerprint density at radius 2 is 1.93 bits per heavy atom. The van der Waals surface area contributed by atoms with E-state index in [1.165, 1.54) is 0 Å². The van der Waals surface area contributed by atoms with Gasteiger partial charge in [0.25, 0.3) is 0 Å². The van der Waals surface area contributed by atoms with E-state index in [4.69, 9.17) is 10.7 Å². The average Bonchev–Trinajstić information content (AvgIpc) is 3.24. The van der Waals surface area contributed by atoms with Gasteiger partial charge in [-0.25, -0.2) is 9.97 Å². The molecule has 4 rings (SSSR count). The zero-order valence-electron chi connectivity index (χ0n) is 16.2. The van der Waals surface area contributed by atoms with E-state index >= 15 is 0 Å². The van der Waals surface area contributed by atoms with Crippen molar-refractivity contribution in [3.05, 3.63) is 35.8 Å². The van der Waals surface area contributed by atoms with Crippen molar-refractivity contribution in [3.63, 3.8) is 0 Å². The lowest BCUT2D eigenvalue weighted by Gasteiger charge is -2.05. The second kappa shape index (κ2) is 7.02. The number of hydrogen-bond acceptors (Lipinski definition) is 4. The molecule has 0 aliphatic heterocycles. The Hall–Kier alpha value is -2.89. The van der Waals surface area contributed by atoms with Crippen LogP contribution >= 0.6 is 0 Å². The highest BCUT2D eigenvalue weighted by Gasteiger charge is 2.14. The highest BCUT2D eigenvalue weighted by atomic mass is 15.3. The summed E-state index contributed by atoms with van der Waals surface area (Å²) < 4.78 is 1.94. The highest BCUT2D eigenvalue weighted by Crippen LogP contribution is 2.30. The summed E-state index contributed by atoms with van der Waals surface area (Å²) in [6.45, 7) is 4.35. The number of nitrogens with zero attached hydrogens (tertiary/aromatic N) is 4. The lowest BCUT2D eigenvalue weighted by Crippen LogP contribution is -1.96. The molecule has 0 radical (unpaired) electrons. The minimum absolute atomic E-state index is 0.501. The maximum Gasteiger partial charge on any atom is 0.150 e. The van der Waals surface area contributed by atoms with Gasteiger partial charge in [-0.15, -0.1) is 0 Å². The number of imidazole rings is 1. The number of benzene rings is 1. The monoisotopic (exact) mass is 362 g/mol. The predicted octanol–water partition coefficient (Wildman–Crippen LogP) is 4.39. The van der Waals surface area contributed by atoms with Gasteiger partial charge in [-0.05, 0) is 31.0 Å². The maximum absolute atomic E-state index is 6.23. The van der Waals surface area contributed by atoms with E-state index in [1.54, 1.807) is 0 Å². The molecule has 0 aliphatic rings. The fourth-order valence-electron chi connectivity index (χ4n) is 3.61. The molecule has 0 spiro atoms. The molecule has 0 aliphatic carbocycles. The number of fused-ring (bicyclic) bond motifs is 3. The first-order valence-electron chi connectivity index (χ1n) is 9.71. The van der Waals surface area contributed by atoms with E-state index in [0.717, 1.165) is 76.8 Å². The predicted molar refractivity (Wildman–Crippen MR) is 111 cm³/mol. The van der Waals surface area contributed by atoms with E-state index < -0.39 is 0 Å². The summed E-state index contributed by atoms with van der Waals surface area (Å²) in [6.07, 6.45) is 5.25. The summed E-state index contributed by atoms with van der Waals surface area (Å²) in [5.41, 5.74) is 12.1. The van der Waals surface area contributed by atoms with Crippen LogP contribution in [-0.4, -0.2) is 24.7 Å². The second-order valence-corrected chi connectivity index (χ2v) is 7.13. The Labute approximate surface area is 158 Å². The number of nitrogens with one attached hydrogen (secondary N) is 1. The third-order valence-corrected chi connectivity index (χ3v) is 5.00. The number of aryl methyl sites for hydroxylation is 3. The molecule has 27 heavy (non-hydrogen) atoms. The fraction of sp³-hybridized carbons (Fsp3) is 0.381. The lowest BCUT2D eigenvalue weighted by atomic mass is 10.1. The summed E-state index contributed by atoms with van der Waals surface area (Å²) in [5, 5.41) is 5.64. The standard InChI is InChI=1S/C21H26N6/c1-4-6-8-18-24-19-15-10-9-13(11-16(15)23-21(22)20(19)25-18)17-12-14(7-5-2)26-27(17)3/h9-12H,4-8H2,1-3H3,(H2,22,23)(H,24,25). The molecule has 0 atom stereocenters. The Morgan fingerprint density at radius 3 is 2.70 bits per heavy atom. The van der Waals surface area contributed by atoms with Gasteiger partial charge in [-0.3, -0.25) is 4.68 Å². The van der Waals surface area contributed by atoms with Crippen LogP contribution in [0, 0.1) is 0 Å². The van der Waals surface area contributed by atoms with Gasteiger partial charge in [-0.1, -0.05) is 32.8 Å². The maximum atomic E-state index is 6.23. The van der Waals surface area contributed by atoms with Gasteiger partial charge in [0, 0.05) is 24.4 Å². The van der Waals surface area contributed by atoms with E-state index in [1.807, 2.05) is 11.7 Å². The average molecular weight is 362 g/mol. The Bertz CT molecular complexity index is 1100. The van der Waals surface area contributed by atoms with Crippen LogP contribution in [0.5, 0.6) is 0 Å². The van der Waals surface area contributed by atoms with Gasteiger partial charge in [0.2, 0.25) is 0 Å². The molecule has 4 aromatic rings. The Balaban J connectivity index is 1.82. The molecule has 0 saturated carbocycles. The molecule has 6 nitrogen and oxygen atoms in total. The molecule has 3 aromatic heterocycles. The molecule has 0 saturated heterocycles. The van der Waals surface area contributed by atoms with Gasteiger partial charge in [0.05, 0.1) is 16.9 Å². The number of anilines is 1. The molecular weight excluding hydrogens is 336 g/mol. The number of aromatic amines is 1. The topological polar surface area (TPSA) is 85.4 Å². The molecule has 140 valence electrons. The van der Waals surface area contributed by atoms with Crippen molar-refractivity contribution >= 4 is 27.8 Å². The Kier molecular flexibility index (Phi) is 4.56. The van der Waals surface area contributed by atoms with Crippen LogP contribution in [0.1, 0.15) is 44.6 Å². The Morgan fingerprint density at radius 1 is 1.07 bits per heavy atom. The number of unbranched alkanes of at least 4 members (excludes halogenated alkanes) is 1. The summed E-state index contributed by atoms with van der Waals surface area (Å²) in [7, 11) is 1.98. The van der Waals surface area contributed by atoms with Gasteiger partial charge >= 0.3 is 0 Å². The van der Waals surface area contributed by atoms with Crippen molar-refractivity contribution in [1.29, 1.82) is 0 Å². The largest absolute Gasteiger partial charge is 0.382 e. The SMILES string of the molecule is CCCCc1nc2c([nH]1)c(N)nc1cc(-c3cc(CCC)nn3C)ccc12. The molecule has 0 amide bonds. The fourth-order valence-corrected chi connectivity index (χ4v) is 3.61. The van der Waals surface area contributed by atoms with Crippen molar-refractivity contribution in [2.45, 2.75) is 46.0 Å². The number of hydrogen-bond donors (Lipinski definition) is 2. The number of aromatic nitrogens is 5. The zero-order valence-corrected chi connectivity index (χ0v) is 16.2. The first kappa shape index (κ1) is 17.5. The lowest BCUT2D eigenvalue weighted by molar-refractivity contribution is 0.739. The zero-order chi connectivity index (χ0) is 19.0. The molecule has 1 aromatic carbocycles. The smallest absolute Gasteiger partial charge is 0.150 e. The third-order valence-electron chi connectivity index (χ3n) is 5.00. The van der Waals surface area contributed by atoms with E-state index in [-0.39, 0.29) is 0 Å². The number of nitrogens with two attached hydrogens (primary N) is 1. The summed E-state index contributed by atoms with van der Waals surface area (Å²) in [6, 6.07) is 8.45. The third kappa shape index (κ3) is 3.16. The first-order valence-corrected chi connectivity index (χ1v) is 9.71. The molecule has 6 heteroatoms. The van der Waals surface area contributed by atoms with E-state index in [0.29, 0.717) is 5.82 Å². The second-order valence-electron chi connectivity index (χ2n) is 7.13. The van der Waals surface area contributed by atoms with Gasteiger partial charge in [-0.2, -0.15) is 5.10 Å². The first-order chi connectivity index (χ1) is 13.1. The number of pyridine rings is 1. The van der Waals surface area contributed by atoms with Crippen molar-refractivity contribution in [3.8, 4) is 11.3 Å². The van der Waals surface area contributed by atoms with Crippen LogP contribution in [-0.2, 0) is 19.9 Å². The number of H-pyrrole nitrogens is 1. The van der Waals surface area contributed by atoms with Crippen molar-refractivity contribution in [2.24, 2.45) is 7.05 Å². The number of rotatable bonds is 6. The van der Waals surface area contributed by atoms with Crippen LogP contribution in [0.25, 0.3) is 33.2 Å². The molecule has 0 unspecified atom stereocenters. The van der Waals surface area contributed by atoms with Crippen molar-refractivity contribution in [1.82, 2.24) is 24.7 Å². The molecule has 3 N–H and O–H groups in total. The van der Waals surface area contributed by atoms with Gasteiger partial charge in [0.1, 0.15) is 22.7 Å².